The van der Waals surface area contributed by atoms with Gasteiger partial charge >= 0.3 is 6.03 Å². The number of carbonyl (C=O) groups is 1. The third kappa shape index (κ3) is 3.23. The molecule has 1 aromatic heterocycles. The van der Waals surface area contributed by atoms with Gasteiger partial charge in [-0.05, 0) is 61.5 Å². The quantitative estimate of drug-likeness (QED) is 0.867. The van der Waals surface area contributed by atoms with Crippen molar-refractivity contribution in [3.8, 4) is 0 Å². The molecule has 2 bridgehead atoms. The largest absolute Gasteiger partial charge is 0.323 e. The number of piperidine rings is 3. The fraction of sp³-hybridized carbons (Fsp3) is 0.471. The van der Waals surface area contributed by atoms with Crippen molar-refractivity contribution in [1.82, 2.24) is 9.80 Å². The van der Waals surface area contributed by atoms with E-state index in [9.17, 15) is 9.18 Å². The predicted octanol–water partition coefficient (Wildman–Crippen LogP) is 4.02. The van der Waals surface area contributed by atoms with Gasteiger partial charge in [0.2, 0.25) is 0 Å². The highest BCUT2D eigenvalue weighted by molar-refractivity contribution is 7.22. The SMILES string of the molecule is CN(C(=O)Nc1cc2cc(F)ccc2s1)[C@H]1CN2CCC1CC2.Cl. The highest BCUT2D eigenvalue weighted by Gasteiger charge is 2.37. The van der Waals surface area contributed by atoms with E-state index in [4.69, 9.17) is 0 Å². The zero-order chi connectivity index (χ0) is 16.0. The van der Waals surface area contributed by atoms with Gasteiger partial charge in [0.1, 0.15) is 5.82 Å². The molecule has 4 nitrogen and oxygen atoms in total. The Morgan fingerprint density at radius 2 is 2.08 bits per heavy atom. The number of likely N-dealkylation sites (N-methyl/N-ethyl adjacent to an activating group) is 1. The van der Waals surface area contributed by atoms with Gasteiger partial charge in [-0.25, -0.2) is 9.18 Å². The van der Waals surface area contributed by atoms with Crippen LogP contribution in [-0.4, -0.2) is 48.6 Å². The Morgan fingerprint density at radius 3 is 2.75 bits per heavy atom. The molecule has 3 aliphatic heterocycles. The summed E-state index contributed by atoms with van der Waals surface area (Å²) in [6.07, 6.45) is 2.37. The number of nitrogens with zero attached hydrogens (tertiary/aromatic N) is 2. The number of halogens is 2. The summed E-state index contributed by atoms with van der Waals surface area (Å²) in [5, 5.41) is 4.57. The summed E-state index contributed by atoms with van der Waals surface area (Å²) < 4.78 is 14.2. The molecule has 3 saturated heterocycles. The van der Waals surface area contributed by atoms with Crippen molar-refractivity contribution < 1.29 is 9.18 Å². The number of amides is 2. The second-order valence-electron chi connectivity index (χ2n) is 6.54. The van der Waals surface area contributed by atoms with E-state index in [1.807, 2.05) is 18.0 Å². The monoisotopic (exact) mass is 369 g/mol. The molecule has 1 atom stereocenters. The van der Waals surface area contributed by atoms with Crippen molar-refractivity contribution in [1.29, 1.82) is 0 Å². The van der Waals surface area contributed by atoms with Crippen molar-refractivity contribution >= 4 is 44.9 Å². The lowest BCUT2D eigenvalue weighted by molar-refractivity contribution is 0.0336. The number of urea groups is 1. The molecule has 3 aliphatic rings. The minimum Gasteiger partial charge on any atom is -0.323 e. The first-order valence-corrected chi connectivity index (χ1v) is 8.87. The van der Waals surface area contributed by atoms with E-state index in [0.717, 1.165) is 21.6 Å². The minimum absolute atomic E-state index is 0. The first-order valence-electron chi connectivity index (χ1n) is 8.05. The number of benzene rings is 1. The molecule has 2 amide bonds. The van der Waals surface area contributed by atoms with E-state index in [2.05, 4.69) is 10.2 Å². The third-order valence-corrected chi connectivity index (χ3v) is 6.18. The number of rotatable bonds is 2. The lowest BCUT2D eigenvalue weighted by Gasteiger charge is -2.47. The molecule has 5 rings (SSSR count). The van der Waals surface area contributed by atoms with Gasteiger partial charge in [0.15, 0.2) is 0 Å². The third-order valence-electron chi connectivity index (χ3n) is 5.15. The molecule has 0 unspecified atom stereocenters. The molecule has 3 fully saturated rings. The maximum absolute atomic E-state index is 13.3. The molecule has 1 aromatic carbocycles. The van der Waals surface area contributed by atoms with Gasteiger partial charge in [-0.2, -0.15) is 0 Å². The summed E-state index contributed by atoms with van der Waals surface area (Å²) in [4.78, 5) is 16.8. The maximum Gasteiger partial charge on any atom is 0.322 e. The number of hydrogen-bond acceptors (Lipinski definition) is 3. The predicted molar refractivity (Wildman–Crippen MR) is 98.8 cm³/mol. The highest BCUT2D eigenvalue weighted by Crippen LogP contribution is 2.32. The van der Waals surface area contributed by atoms with E-state index in [1.54, 1.807) is 6.07 Å². The normalized spacial score (nSPS) is 25.3. The lowest BCUT2D eigenvalue weighted by Crippen LogP contribution is -2.58. The Balaban J connectivity index is 0.00000169. The average molecular weight is 370 g/mol. The molecule has 0 aliphatic carbocycles. The van der Waals surface area contributed by atoms with Crippen LogP contribution in [-0.2, 0) is 0 Å². The van der Waals surface area contributed by atoms with Crippen LogP contribution in [0.5, 0.6) is 0 Å². The van der Waals surface area contributed by atoms with Crippen LogP contribution in [0.25, 0.3) is 10.1 Å². The summed E-state index contributed by atoms with van der Waals surface area (Å²) in [6.45, 7) is 3.31. The van der Waals surface area contributed by atoms with Crippen LogP contribution >= 0.6 is 23.7 Å². The van der Waals surface area contributed by atoms with Crippen LogP contribution in [0, 0.1) is 11.7 Å². The Hall–Kier alpha value is -1.37. The highest BCUT2D eigenvalue weighted by atomic mass is 35.5. The molecule has 4 heterocycles. The van der Waals surface area contributed by atoms with Gasteiger partial charge in [-0.15, -0.1) is 23.7 Å². The smallest absolute Gasteiger partial charge is 0.322 e. The van der Waals surface area contributed by atoms with Crippen molar-refractivity contribution in [3.63, 3.8) is 0 Å². The molecule has 0 saturated carbocycles. The molecule has 130 valence electrons. The van der Waals surface area contributed by atoms with Crippen molar-refractivity contribution in [2.75, 3.05) is 32.0 Å². The second kappa shape index (κ2) is 6.86. The van der Waals surface area contributed by atoms with Crippen LogP contribution in [0.4, 0.5) is 14.2 Å². The van der Waals surface area contributed by atoms with E-state index < -0.39 is 0 Å². The minimum atomic E-state index is -0.252. The van der Waals surface area contributed by atoms with Crippen LogP contribution < -0.4 is 5.32 Å². The number of thiophene rings is 1. The van der Waals surface area contributed by atoms with Crippen molar-refractivity contribution in [3.05, 3.63) is 30.1 Å². The number of fused-ring (bicyclic) bond motifs is 4. The van der Waals surface area contributed by atoms with Crippen LogP contribution in [0.2, 0.25) is 0 Å². The molecule has 0 spiro atoms. The topological polar surface area (TPSA) is 35.6 Å². The van der Waals surface area contributed by atoms with Crippen molar-refractivity contribution in [2.24, 2.45) is 5.92 Å². The average Bonchev–Trinajstić information content (AvgIpc) is 2.96. The molecule has 1 N–H and O–H groups in total. The molecule has 24 heavy (non-hydrogen) atoms. The standard InChI is InChI=1S/C17H20FN3OS.ClH/c1-20(14-10-21-6-4-11(14)5-7-21)17(22)19-16-9-12-8-13(18)2-3-15(12)23-16;/h2-3,8-9,11,14H,4-7,10H2,1H3,(H,19,22);1H/t14-;/m0./s1. The van der Waals surface area contributed by atoms with Crippen LogP contribution in [0.15, 0.2) is 24.3 Å². The van der Waals surface area contributed by atoms with E-state index in [1.165, 1.54) is 49.4 Å². The molecular weight excluding hydrogens is 349 g/mol. The fourth-order valence-corrected chi connectivity index (χ4v) is 4.73. The zero-order valence-corrected chi connectivity index (χ0v) is 15.1. The second-order valence-corrected chi connectivity index (χ2v) is 7.62. The number of carbonyl (C=O) groups excluding carboxylic acids is 1. The summed E-state index contributed by atoms with van der Waals surface area (Å²) >= 11 is 1.48. The molecule has 7 heteroatoms. The molecule has 0 radical (unpaired) electrons. The summed E-state index contributed by atoms with van der Waals surface area (Å²) in [5.74, 6) is 0.366. The maximum atomic E-state index is 13.3. The Labute approximate surface area is 151 Å². The zero-order valence-electron chi connectivity index (χ0n) is 13.5. The Kier molecular flexibility index (Phi) is 4.99. The van der Waals surface area contributed by atoms with Crippen LogP contribution in [0.1, 0.15) is 12.8 Å². The molecule has 2 aromatic rings. The number of hydrogen-bond donors (Lipinski definition) is 1. The number of anilines is 1. The first kappa shape index (κ1) is 17.5. The van der Waals surface area contributed by atoms with Gasteiger partial charge in [0, 0.05) is 24.3 Å². The first-order chi connectivity index (χ1) is 11.1. The fourth-order valence-electron chi connectivity index (χ4n) is 3.79. The summed E-state index contributed by atoms with van der Waals surface area (Å²) in [7, 11) is 1.88. The van der Waals surface area contributed by atoms with Crippen LogP contribution in [0.3, 0.4) is 0 Å². The van der Waals surface area contributed by atoms with E-state index in [-0.39, 0.29) is 24.3 Å². The van der Waals surface area contributed by atoms with E-state index >= 15 is 0 Å². The van der Waals surface area contributed by atoms with E-state index in [0.29, 0.717) is 12.0 Å². The van der Waals surface area contributed by atoms with Gasteiger partial charge in [0.25, 0.3) is 0 Å². The van der Waals surface area contributed by atoms with Gasteiger partial charge < -0.3 is 9.80 Å². The van der Waals surface area contributed by atoms with Gasteiger partial charge in [-0.1, -0.05) is 0 Å². The summed E-state index contributed by atoms with van der Waals surface area (Å²) in [6, 6.07) is 6.76. The van der Waals surface area contributed by atoms with Gasteiger partial charge in [-0.3, -0.25) is 5.32 Å². The Bertz CT molecular complexity index is 745. The molecular formula is C17H21ClFN3OS. The summed E-state index contributed by atoms with van der Waals surface area (Å²) in [5.41, 5.74) is 0. The van der Waals surface area contributed by atoms with Crippen molar-refractivity contribution in [2.45, 2.75) is 18.9 Å². The Morgan fingerprint density at radius 1 is 1.33 bits per heavy atom. The number of nitrogens with one attached hydrogen (secondary N) is 1. The lowest BCUT2D eigenvalue weighted by atomic mass is 9.83. The van der Waals surface area contributed by atoms with Gasteiger partial charge in [0.05, 0.1) is 5.00 Å².